The molecular weight excluding hydrogens is 220 g/mol. The van der Waals surface area contributed by atoms with Crippen LogP contribution < -0.4 is 5.32 Å². The zero-order valence-corrected chi connectivity index (χ0v) is 11.0. The van der Waals surface area contributed by atoms with Crippen molar-refractivity contribution >= 4 is 0 Å². The second-order valence-electron chi connectivity index (χ2n) is 4.77. The molecule has 0 aliphatic heterocycles. The lowest BCUT2D eigenvalue weighted by atomic mass is 10.0. The average Bonchev–Trinajstić information content (AvgIpc) is 2.40. The van der Waals surface area contributed by atoms with Crippen molar-refractivity contribution in [2.75, 3.05) is 0 Å². The Bertz CT molecular complexity index is 453. The topological polar surface area (TPSA) is 24.9 Å². The molecule has 0 saturated carbocycles. The molecule has 0 spiro atoms. The van der Waals surface area contributed by atoms with Crippen LogP contribution in [0.3, 0.4) is 0 Å². The first kappa shape index (κ1) is 12.8. The van der Waals surface area contributed by atoms with Crippen molar-refractivity contribution in [1.82, 2.24) is 10.3 Å². The monoisotopic (exact) mass is 240 g/mol. The molecule has 1 N–H and O–H groups in total. The van der Waals surface area contributed by atoms with Crippen LogP contribution in [0.5, 0.6) is 0 Å². The third-order valence-electron chi connectivity index (χ3n) is 3.10. The van der Waals surface area contributed by atoms with E-state index in [1.54, 1.807) is 0 Å². The molecule has 0 radical (unpaired) electrons. The third-order valence-corrected chi connectivity index (χ3v) is 3.10. The molecule has 94 valence electrons. The van der Waals surface area contributed by atoms with Gasteiger partial charge in [0, 0.05) is 24.5 Å². The van der Waals surface area contributed by atoms with Crippen LogP contribution in [-0.2, 0) is 6.42 Å². The summed E-state index contributed by atoms with van der Waals surface area (Å²) >= 11 is 0. The predicted molar refractivity (Wildman–Crippen MR) is 75.4 cm³/mol. The molecule has 0 fully saturated rings. The van der Waals surface area contributed by atoms with Crippen LogP contribution in [0.15, 0.2) is 54.9 Å². The number of benzene rings is 1. The highest BCUT2D eigenvalue weighted by Crippen LogP contribution is 2.12. The number of pyridine rings is 1. The van der Waals surface area contributed by atoms with Crippen LogP contribution in [0.1, 0.15) is 31.0 Å². The van der Waals surface area contributed by atoms with Gasteiger partial charge in [-0.05, 0) is 37.5 Å². The summed E-state index contributed by atoms with van der Waals surface area (Å²) in [4.78, 5) is 4.16. The van der Waals surface area contributed by atoms with Crippen molar-refractivity contribution in [2.24, 2.45) is 0 Å². The van der Waals surface area contributed by atoms with Crippen LogP contribution in [0.4, 0.5) is 0 Å². The number of hydrogen-bond donors (Lipinski definition) is 1. The molecule has 2 atom stereocenters. The minimum absolute atomic E-state index is 0.331. The SMILES string of the molecule is CC(Cc1ccccc1)NC(C)c1cccnc1. The Kier molecular flexibility index (Phi) is 4.48. The molecular formula is C16H20N2. The van der Waals surface area contributed by atoms with E-state index in [9.17, 15) is 0 Å². The van der Waals surface area contributed by atoms with E-state index in [-0.39, 0.29) is 0 Å². The van der Waals surface area contributed by atoms with Gasteiger partial charge in [-0.3, -0.25) is 4.98 Å². The van der Waals surface area contributed by atoms with E-state index in [1.165, 1.54) is 11.1 Å². The first-order chi connectivity index (χ1) is 8.75. The molecule has 18 heavy (non-hydrogen) atoms. The van der Waals surface area contributed by atoms with Crippen LogP contribution in [0.2, 0.25) is 0 Å². The molecule has 2 nitrogen and oxygen atoms in total. The molecule has 2 heteroatoms. The fourth-order valence-corrected chi connectivity index (χ4v) is 2.18. The maximum absolute atomic E-state index is 4.16. The van der Waals surface area contributed by atoms with Gasteiger partial charge in [0.15, 0.2) is 0 Å². The molecule has 1 aromatic heterocycles. The van der Waals surface area contributed by atoms with Gasteiger partial charge in [0.25, 0.3) is 0 Å². The smallest absolute Gasteiger partial charge is 0.0315 e. The highest BCUT2D eigenvalue weighted by atomic mass is 14.9. The van der Waals surface area contributed by atoms with Gasteiger partial charge in [0.1, 0.15) is 0 Å². The molecule has 0 aliphatic carbocycles. The van der Waals surface area contributed by atoms with Crippen molar-refractivity contribution in [3.63, 3.8) is 0 Å². The number of nitrogens with zero attached hydrogens (tertiary/aromatic N) is 1. The van der Waals surface area contributed by atoms with Crippen molar-refractivity contribution in [3.8, 4) is 0 Å². The van der Waals surface area contributed by atoms with E-state index < -0.39 is 0 Å². The Hall–Kier alpha value is -1.67. The minimum Gasteiger partial charge on any atom is -0.307 e. The third kappa shape index (κ3) is 3.67. The summed E-state index contributed by atoms with van der Waals surface area (Å²) in [6, 6.07) is 15.5. The van der Waals surface area contributed by atoms with Crippen LogP contribution in [0, 0.1) is 0 Å². The fourth-order valence-electron chi connectivity index (χ4n) is 2.18. The van der Waals surface area contributed by atoms with Gasteiger partial charge >= 0.3 is 0 Å². The lowest BCUT2D eigenvalue weighted by molar-refractivity contribution is 0.476. The summed E-state index contributed by atoms with van der Waals surface area (Å²) in [6.45, 7) is 4.40. The highest BCUT2D eigenvalue weighted by molar-refractivity contribution is 5.17. The first-order valence-electron chi connectivity index (χ1n) is 6.45. The van der Waals surface area contributed by atoms with E-state index in [1.807, 2.05) is 18.5 Å². The predicted octanol–water partition coefficient (Wildman–Crippen LogP) is 3.36. The molecule has 0 saturated heterocycles. The molecule has 1 aromatic carbocycles. The molecule has 0 aliphatic rings. The second kappa shape index (κ2) is 6.31. The molecule has 2 aromatic rings. The summed E-state index contributed by atoms with van der Waals surface area (Å²) in [5, 5.41) is 3.60. The summed E-state index contributed by atoms with van der Waals surface area (Å²) in [6.07, 6.45) is 4.78. The van der Waals surface area contributed by atoms with E-state index in [4.69, 9.17) is 0 Å². The van der Waals surface area contributed by atoms with E-state index in [0.29, 0.717) is 12.1 Å². The van der Waals surface area contributed by atoms with E-state index in [0.717, 1.165) is 6.42 Å². The van der Waals surface area contributed by atoms with E-state index >= 15 is 0 Å². The van der Waals surface area contributed by atoms with Crippen LogP contribution in [-0.4, -0.2) is 11.0 Å². The number of nitrogens with one attached hydrogen (secondary N) is 1. The van der Waals surface area contributed by atoms with Crippen LogP contribution in [0.25, 0.3) is 0 Å². The quantitative estimate of drug-likeness (QED) is 0.866. The summed E-state index contributed by atoms with van der Waals surface area (Å²) in [7, 11) is 0. The van der Waals surface area contributed by atoms with Crippen molar-refractivity contribution < 1.29 is 0 Å². The first-order valence-corrected chi connectivity index (χ1v) is 6.45. The summed E-state index contributed by atoms with van der Waals surface area (Å²) in [5.74, 6) is 0. The second-order valence-corrected chi connectivity index (χ2v) is 4.77. The zero-order valence-electron chi connectivity index (χ0n) is 11.0. The molecule has 0 amide bonds. The maximum atomic E-state index is 4.16. The fraction of sp³-hybridized carbons (Fsp3) is 0.312. The zero-order chi connectivity index (χ0) is 12.8. The lowest BCUT2D eigenvalue weighted by Crippen LogP contribution is -2.30. The van der Waals surface area contributed by atoms with Gasteiger partial charge in [-0.1, -0.05) is 36.4 Å². The lowest BCUT2D eigenvalue weighted by Gasteiger charge is -2.20. The Morgan fingerprint density at radius 1 is 1.06 bits per heavy atom. The Balaban J connectivity index is 1.90. The van der Waals surface area contributed by atoms with Gasteiger partial charge in [-0.2, -0.15) is 0 Å². The average molecular weight is 240 g/mol. The number of rotatable bonds is 5. The van der Waals surface area contributed by atoms with Gasteiger partial charge in [-0.25, -0.2) is 0 Å². The van der Waals surface area contributed by atoms with Gasteiger partial charge in [0.05, 0.1) is 0 Å². The molecule has 2 unspecified atom stereocenters. The normalized spacial score (nSPS) is 14.1. The summed E-state index contributed by atoms with van der Waals surface area (Å²) < 4.78 is 0. The van der Waals surface area contributed by atoms with Crippen molar-refractivity contribution in [1.29, 1.82) is 0 Å². The minimum atomic E-state index is 0.331. The van der Waals surface area contributed by atoms with Gasteiger partial charge in [0.2, 0.25) is 0 Å². The maximum Gasteiger partial charge on any atom is 0.0315 e. The Morgan fingerprint density at radius 3 is 2.50 bits per heavy atom. The summed E-state index contributed by atoms with van der Waals surface area (Å²) in [5.41, 5.74) is 2.60. The van der Waals surface area contributed by atoms with Crippen LogP contribution >= 0.6 is 0 Å². The van der Waals surface area contributed by atoms with E-state index in [2.05, 4.69) is 60.5 Å². The number of aromatic nitrogens is 1. The standard InChI is InChI=1S/C16H20N2/c1-13(11-15-7-4-3-5-8-15)18-14(2)16-9-6-10-17-12-16/h3-10,12-14,18H,11H2,1-2H3. The van der Waals surface area contributed by atoms with Gasteiger partial charge < -0.3 is 5.32 Å². The number of hydrogen-bond acceptors (Lipinski definition) is 2. The highest BCUT2D eigenvalue weighted by Gasteiger charge is 2.09. The Morgan fingerprint density at radius 2 is 1.83 bits per heavy atom. The molecule has 2 rings (SSSR count). The molecule has 0 bridgehead atoms. The van der Waals surface area contributed by atoms with Crippen molar-refractivity contribution in [3.05, 3.63) is 66.0 Å². The van der Waals surface area contributed by atoms with Gasteiger partial charge in [-0.15, -0.1) is 0 Å². The van der Waals surface area contributed by atoms with Crippen molar-refractivity contribution in [2.45, 2.75) is 32.4 Å². The molecule has 1 heterocycles. The largest absolute Gasteiger partial charge is 0.307 e. The Labute approximate surface area is 109 Å².